The van der Waals surface area contributed by atoms with E-state index in [2.05, 4.69) is 22.6 Å². The van der Waals surface area contributed by atoms with Crippen LogP contribution in [0.25, 0.3) is 0 Å². The van der Waals surface area contributed by atoms with Crippen molar-refractivity contribution >= 4 is 40.5 Å². The molecule has 3 saturated heterocycles. The molecule has 0 aliphatic carbocycles. The van der Waals surface area contributed by atoms with Gasteiger partial charge >= 0.3 is 17.9 Å². The standard InChI is InChI=1S/C23H27IO7/c1-6-22(2,3)21(27)30-18-16-14(13-15(28-16)17(18)29-19(13)25)20(26)31-23(4,5)11-7-9-12(24)10-8-11/h7-10,13-18H,6H2,1-5H3. The number of hydrogen-bond donors (Lipinski definition) is 0. The zero-order chi connectivity index (χ0) is 22.7. The number of benzene rings is 1. The summed E-state index contributed by atoms with van der Waals surface area (Å²) in [5, 5.41) is 0. The maximum absolute atomic E-state index is 13.3. The van der Waals surface area contributed by atoms with Gasteiger partial charge in [-0.25, -0.2) is 0 Å². The first-order chi connectivity index (χ1) is 14.5. The normalized spacial score (nSPS) is 31.5. The van der Waals surface area contributed by atoms with Gasteiger partial charge in [0.15, 0.2) is 12.2 Å². The van der Waals surface area contributed by atoms with Gasteiger partial charge in [0.25, 0.3) is 0 Å². The van der Waals surface area contributed by atoms with Crippen LogP contribution in [0.3, 0.4) is 0 Å². The molecule has 4 rings (SSSR count). The van der Waals surface area contributed by atoms with Crippen LogP contribution in [0.15, 0.2) is 24.3 Å². The first-order valence-electron chi connectivity index (χ1n) is 10.5. The number of halogens is 1. The Hall–Kier alpha value is -1.68. The average molecular weight is 542 g/mol. The monoisotopic (exact) mass is 542 g/mol. The minimum absolute atomic E-state index is 0.401. The van der Waals surface area contributed by atoms with Gasteiger partial charge in [-0.05, 0) is 74.4 Å². The number of carbonyl (C=O) groups excluding carboxylic acids is 3. The van der Waals surface area contributed by atoms with Gasteiger partial charge < -0.3 is 18.9 Å². The van der Waals surface area contributed by atoms with E-state index < -0.39 is 65.2 Å². The fourth-order valence-corrected chi connectivity index (χ4v) is 4.76. The minimum Gasteiger partial charge on any atom is -0.455 e. The Labute approximate surface area is 195 Å². The Morgan fingerprint density at radius 3 is 2.32 bits per heavy atom. The lowest BCUT2D eigenvalue weighted by atomic mass is 9.78. The minimum atomic E-state index is -0.901. The number of esters is 3. The van der Waals surface area contributed by atoms with Gasteiger partial charge in [0.2, 0.25) is 0 Å². The molecular formula is C23H27IO7. The third-order valence-corrected chi connectivity index (χ3v) is 7.47. The summed E-state index contributed by atoms with van der Waals surface area (Å²) in [4.78, 5) is 38.4. The number of fused-ring (bicyclic) bond motifs is 1. The van der Waals surface area contributed by atoms with E-state index in [0.717, 1.165) is 9.13 Å². The molecule has 2 bridgehead atoms. The maximum Gasteiger partial charge on any atom is 0.313 e. The zero-order valence-electron chi connectivity index (χ0n) is 18.2. The lowest BCUT2D eigenvalue weighted by Gasteiger charge is -2.32. The lowest BCUT2D eigenvalue weighted by molar-refractivity contribution is -0.175. The summed E-state index contributed by atoms with van der Waals surface area (Å²) in [6.45, 7) is 9.10. The second-order valence-electron chi connectivity index (χ2n) is 9.56. The van der Waals surface area contributed by atoms with Crippen LogP contribution in [-0.4, -0.2) is 42.3 Å². The van der Waals surface area contributed by atoms with Crippen LogP contribution >= 0.6 is 22.6 Å². The summed E-state index contributed by atoms with van der Waals surface area (Å²) in [7, 11) is 0. The Morgan fingerprint density at radius 1 is 1.06 bits per heavy atom. The highest BCUT2D eigenvalue weighted by Gasteiger charge is 2.72. The van der Waals surface area contributed by atoms with Crippen molar-refractivity contribution in [3.8, 4) is 0 Å². The van der Waals surface area contributed by atoms with Gasteiger partial charge in [0, 0.05) is 3.57 Å². The number of carbonyl (C=O) groups is 3. The largest absolute Gasteiger partial charge is 0.455 e. The Kier molecular flexibility index (Phi) is 5.61. The first kappa shape index (κ1) is 22.5. The van der Waals surface area contributed by atoms with Crippen molar-refractivity contribution in [3.63, 3.8) is 0 Å². The molecule has 0 N–H and O–H groups in total. The van der Waals surface area contributed by atoms with E-state index in [-0.39, 0.29) is 0 Å². The van der Waals surface area contributed by atoms with Crippen molar-refractivity contribution in [1.82, 2.24) is 0 Å². The molecule has 6 atom stereocenters. The molecule has 0 saturated carbocycles. The molecule has 0 aromatic heterocycles. The molecule has 6 unspecified atom stereocenters. The maximum atomic E-state index is 13.3. The molecule has 7 nitrogen and oxygen atoms in total. The van der Waals surface area contributed by atoms with E-state index in [4.69, 9.17) is 18.9 Å². The van der Waals surface area contributed by atoms with Gasteiger partial charge in [0.05, 0.1) is 5.41 Å². The molecule has 3 aliphatic rings. The van der Waals surface area contributed by atoms with Crippen molar-refractivity contribution < 1.29 is 33.3 Å². The summed E-state index contributed by atoms with van der Waals surface area (Å²) >= 11 is 2.21. The Morgan fingerprint density at radius 2 is 1.71 bits per heavy atom. The Bertz CT molecular complexity index is 907. The van der Waals surface area contributed by atoms with E-state index in [9.17, 15) is 14.4 Å². The molecule has 31 heavy (non-hydrogen) atoms. The fourth-order valence-electron chi connectivity index (χ4n) is 4.40. The molecule has 3 heterocycles. The van der Waals surface area contributed by atoms with Gasteiger partial charge in [-0.15, -0.1) is 0 Å². The van der Waals surface area contributed by atoms with E-state index in [1.807, 2.05) is 31.2 Å². The highest BCUT2D eigenvalue weighted by molar-refractivity contribution is 14.1. The molecular weight excluding hydrogens is 515 g/mol. The molecule has 1 aromatic carbocycles. The predicted molar refractivity (Wildman–Crippen MR) is 118 cm³/mol. The number of hydrogen-bond acceptors (Lipinski definition) is 7. The van der Waals surface area contributed by atoms with E-state index >= 15 is 0 Å². The highest BCUT2D eigenvalue weighted by Crippen LogP contribution is 2.52. The second-order valence-corrected chi connectivity index (χ2v) is 10.8. The van der Waals surface area contributed by atoms with Crippen molar-refractivity contribution in [2.45, 2.75) is 71.1 Å². The van der Waals surface area contributed by atoms with Crippen LogP contribution in [0.1, 0.15) is 46.6 Å². The molecule has 0 radical (unpaired) electrons. The van der Waals surface area contributed by atoms with Crippen LogP contribution < -0.4 is 0 Å². The summed E-state index contributed by atoms with van der Waals surface area (Å²) in [5.41, 5.74) is -0.751. The highest BCUT2D eigenvalue weighted by atomic mass is 127. The fraction of sp³-hybridized carbons (Fsp3) is 0.609. The number of ether oxygens (including phenoxy) is 4. The van der Waals surface area contributed by atoms with Crippen LogP contribution in [0.2, 0.25) is 0 Å². The smallest absolute Gasteiger partial charge is 0.313 e. The molecule has 3 aliphatic heterocycles. The number of rotatable bonds is 6. The molecule has 0 spiro atoms. The predicted octanol–water partition coefficient (Wildman–Crippen LogP) is 3.36. The summed E-state index contributed by atoms with van der Waals surface area (Å²) < 4.78 is 24.1. The van der Waals surface area contributed by atoms with Crippen molar-refractivity contribution in [3.05, 3.63) is 33.4 Å². The molecule has 168 valence electrons. The van der Waals surface area contributed by atoms with Crippen LogP contribution in [0.4, 0.5) is 0 Å². The topological polar surface area (TPSA) is 88.1 Å². The Balaban J connectivity index is 1.55. The third-order valence-electron chi connectivity index (χ3n) is 6.75. The summed E-state index contributed by atoms with van der Waals surface area (Å²) in [6.07, 6.45) is -2.25. The lowest BCUT2D eigenvalue weighted by Crippen LogP contribution is -2.49. The first-order valence-corrected chi connectivity index (χ1v) is 11.6. The summed E-state index contributed by atoms with van der Waals surface area (Å²) in [5.74, 6) is -3.05. The van der Waals surface area contributed by atoms with E-state index in [0.29, 0.717) is 6.42 Å². The van der Waals surface area contributed by atoms with Crippen LogP contribution in [-0.2, 0) is 38.9 Å². The third kappa shape index (κ3) is 3.75. The SMILES string of the molecule is CCC(C)(C)C(=O)OC1C2OC(=O)C3C2OC1C3C(=O)OC(C)(C)c1ccc(I)cc1. The van der Waals surface area contributed by atoms with Gasteiger partial charge in [-0.2, -0.15) is 0 Å². The quantitative estimate of drug-likeness (QED) is 0.310. The van der Waals surface area contributed by atoms with Gasteiger partial charge in [-0.1, -0.05) is 19.1 Å². The van der Waals surface area contributed by atoms with Gasteiger partial charge in [-0.3, -0.25) is 14.4 Å². The molecule has 1 aromatic rings. The van der Waals surface area contributed by atoms with Crippen molar-refractivity contribution in [2.24, 2.45) is 17.3 Å². The zero-order valence-corrected chi connectivity index (χ0v) is 20.4. The second kappa shape index (κ2) is 7.72. The van der Waals surface area contributed by atoms with E-state index in [1.54, 1.807) is 27.7 Å². The van der Waals surface area contributed by atoms with Crippen molar-refractivity contribution in [1.29, 1.82) is 0 Å². The van der Waals surface area contributed by atoms with Gasteiger partial charge in [0.1, 0.15) is 29.6 Å². The average Bonchev–Trinajstić information content (AvgIpc) is 3.31. The van der Waals surface area contributed by atoms with Crippen LogP contribution in [0.5, 0.6) is 0 Å². The van der Waals surface area contributed by atoms with Crippen LogP contribution in [0, 0.1) is 20.8 Å². The summed E-state index contributed by atoms with van der Waals surface area (Å²) in [6, 6.07) is 7.69. The molecule has 3 fully saturated rings. The van der Waals surface area contributed by atoms with E-state index in [1.165, 1.54) is 0 Å². The molecule has 0 amide bonds. The molecule has 8 heteroatoms. The van der Waals surface area contributed by atoms with Crippen molar-refractivity contribution in [2.75, 3.05) is 0 Å².